The van der Waals surface area contributed by atoms with Crippen molar-refractivity contribution < 1.29 is 28.6 Å². The zero-order valence-electron chi connectivity index (χ0n) is 18.8. The zero-order chi connectivity index (χ0) is 24.9. The van der Waals surface area contributed by atoms with Crippen LogP contribution >= 0.6 is 27.7 Å². The van der Waals surface area contributed by atoms with Gasteiger partial charge in [0.05, 0.1) is 35.7 Å². The topological polar surface area (TPSA) is 82.1 Å². The van der Waals surface area contributed by atoms with Crippen LogP contribution in [0.15, 0.2) is 76.1 Å². The van der Waals surface area contributed by atoms with Gasteiger partial charge in [0, 0.05) is 0 Å². The van der Waals surface area contributed by atoms with Crippen molar-refractivity contribution >= 4 is 50.9 Å². The van der Waals surface area contributed by atoms with Gasteiger partial charge in [-0.3, -0.25) is 14.5 Å². The quantitative estimate of drug-likeness (QED) is 0.204. The molecule has 2 amide bonds. The summed E-state index contributed by atoms with van der Waals surface area (Å²) in [5, 5.41) is -0.332. The van der Waals surface area contributed by atoms with E-state index in [1.165, 1.54) is 12.0 Å². The summed E-state index contributed by atoms with van der Waals surface area (Å²) in [7, 11) is 2.99. The fraction of sp³-hybridized carbons (Fsp3) is 0.115. The standard InChI is InChI=1S/C26H20BrNO6S/c1-32-19-10-8-18(9-11-19)25(30)34-23-20(27)12-17(13-21(23)33-2)14-22-24(29)28(26(31)35-22)15-16-6-4-3-5-7-16/h3-14H,15H2,1-2H3/b22-14-. The number of hydrogen-bond donors (Lipinski definition) is 0. The molecule has 3 aromatic carbocycles. The van der Waals surface area contributed by atoms with E-state index >= 15 is 0 Å². The van der Waals surface area contributed by atoms with Crippen LogP contribution in [0.3, 0.4) is 0 Å². The number of carbonyl (C=O) groups excluding carboxylic acids is 3. The molecular formula is C26H20BrNO6S. The van der Waals surface area contributed by atoms with Crippen molar-refractivity contribution in [1.82, 2.24) is 4.90 Å². The highest BCUT2D eigenvalue weighted by Gasteiger charge is 2.35. The Labute approximate surface area is 214 Å². The van der Waals surface area contributed by atoms with E-state index in [0.29, 0.717) is 26.3 Å². The second kappa shape index (κ2) is 10.8. The van der Waals surface area contributed by atoms with E-state index in [-0.39, 0.29) is 29.2 Å². The van der Waals surface area contributed by atoms with Gasteiger partial charge in [0.1, 0.15) is 5.75 Å². The molecule has 0 unspecified atom stereocenters. The number of benzene rings is 3. The number of nitrogens with zero attached hydrogens (tertiary/aromatic N) is 1. The van der Waals surface area contributed by atoms with Crippen LogP contribution in [0.25, 0.3) is 6.08 Å². The Morgan fingerprint density at radius 3 is 2.37 bits per heavy atom. The molecule has 1 heterocycles. The lowest BCUT2D eigenvalue weighted by atomic mass is 10.1. The van der Waals surface area contributed by atoms with E-state index in [4.69, 9.17) is 14.2 Å². The molecule has 0 aromatic heterocycles. The monoisotopic (exact) mass is 553 g/mol. The van der Waals surface area contributed by atoms with Crippen molar-refractivity contribution in [2.24, 2.45) is 0 Å². The number of halogens is 1. The van der Waals surface area contributed by atoms with E-state index < -0.39 is 5.97 Å². The number of rotatable bonds is 7. The molecule has 0 atom stereocenters. The van der Waals surface area contributed by atoms with Crippen LogP contribution in [0, 0.1) is 0 Å². The van der Waals surface area contributed by atoms with Gasteiger partial charge in [0.25, 0.3) is 11.1 Å². The number of hydrogen-bond acceptors (Lipinski definition) is 7. The average molecular weight is 554 g/mol. The van der Waals surface area contributed by atoms with E-state index in [9.17, 15) is 14.4 Å². The first-order valence-corrected chi connectivity index (χ1v) is 12.0. The Kier molecular flexibility index (Phi) is 7.57. The van der Waals surface area contributed by atoms with Gasteiger partial charge in [0.2, 0.25) is 0 Å². The lowest BCUT2D eigenvalue weighted by molar-refractivity contribution is -0.123. The number of ether oxygens (including phenoxy) is 3. The lowest BCUT2D eigenvalue weighted by Crippen LogP contribution is -2.27. The van der Waals surface area contributed by atoms with Crippen molar-refractivity contribution in [2.45, 2.75) is 6.54 Å². The molecule has 35 heavy (non-hydrogen) atoms. The summed E-state index contributed by atoms with van der Waals surface area (Å²) in [5.41, 5.74) is 1.81. The fourth-order valence-corrected chi connectivity index (χ4v) is 4.73. The molecule has 0 radical (unpaired) electrons. The Balaban J connectivity index is 1.55. The van der Waals surface area contributed by atoms with E-state index in [1.54, 1.807) is 49.6 Å². The molecule has 7 nitrogen and oxygen atoms in total. The molecule has 1 aliphatic heterocycles. The highest BCUT2D eigenvalue weighted by atomic mass is 79.9. The van der Waals surface area contributed by atoms with E-state index in [2.05, 4.69) is 15.9 Å². The van der Waals surface area contributed by atoms with E-state index in [1.807, 2.05) is 30.3 Å². The minimum Gasteiger partial charge on any atom is -0.497 e. The van der Waals surface area contributed by atoms with Gasteiger partial charge in [0.15, 0.2) is 11.5 Å². The van der Waals surface area contributed by atoms with Crippen LogP contribution in [0.5, 0.6) is 17.2 Å². The number of carbonyl (C=O) groups is 3. The molecule has 0 saturated carbocycles. The predicted octanol–water partition coefficient (Wildman–Crippen LogP) is 5.92. The van der Waals surface area contributed by atoms with Crippen molar-refractivity contribution in [3.8, 4) is 17.2 Å². The molecule has 1 fully saturated rings. The molecule has 1 saturated heterocycles. The van der Waals surface area contributed by atoms with Crippen molar-refractivity contribution in [1.29, 1.82) is 0 Å². The minimum absolute atomic E-state index is 0.197. The summed E-state index contributed by atoms with van der Waals surface area (Å²) in [6, 6.07) is 19.2. The molecule has 0 N–H and O–H groups in total. The summed E-state index contributed by atoms with van der Waals surface area (Å²) < 4.78 is 16.6. The van der Waals surface area contributed by atoms with Gasteiger partial charge in [-0.1, -0.05) is 30.3 Å². The summed E-state index contributed by atoms with van der Waals surface area (Å²) in [5.74, 6) is 0.173. The number of thioether (sulfide) groups is 1. The summed E-state index contributed by atoms with van der Waals surface area (Å²) >= 11 is 4.30. The van der Waals surface area contributed by atoms with Crippen LogP contribution in [-0.4, -0.2) is 36.2 Å². The van der Waals surface area contributed by atoms with Gasteiger partial charge in [-0.15, -0.1) is 0 Å². The molecule has 178 valence electrons. The van der Waals surface area contributed by atoms with E-state index in [0.717, 1.165) is 17.3 Å². The Morgan fingerprint density at radius 2 is 1.71 bits per heavy atom. The van der Waals surface area contributed by atoms with Gasteiger partial charge in [-0.05, 0) is 81.3 Å². The molecule has 1 aliphatic rings. The number of methoxy groups -OCH3 is 2. The largest absolute Gasteiger partial charge is 0.497 e. The molecular weight excluding hydrogens is 534 g/mol. The van der Waals surface area contributed by atoms with Gasteiger partial charge in [-0.25, -0.2) is 4.79 Å². The van der Waals surface area contributed by atoms with Crippen molar-refractivity contribution in [2.75, 3.05) is 14.2 Å². The Morgan fingerprint density at radius 1 is 1.00 bits per heavy atom. The summed E-state index contributed by atoms with van der Waals surface area (Å²) in [6.45, 7) is 0.204. The third kappa shape index (κ3) is 5.58. The molecule has 9 heteroatoms. The number of esters is 1. The molecule has 0 bridgehead atoms. The van der Waals surface area contributed by atoms with Crippen molar-refractivity contribution in [3.63, 3.8) is 0 Å². The number of imide groups is 1. The summed E-state index contributed by atoms with van der Waals surface area (Å²) in [6.07, 6.45) is 1.61. The normalized spacial score (nSPS) is 14.4. The first-order valence-electron chi connectivity index (χ1n) is 10.4. The van der Waals surface area contributed by atoms with Crippen LogP contribution in [-0.2, 0) is 11.3 Å². The zero-order valence-corrected chi connectivity index (χ0v) is 21.2. The third-order valence-corrected chi connectivity index (χ3v) is 6.62. The van der Waals surface area contributed by atoms with Gasteiger partial charge in [-0.2, -0.15) is 0 Å². The third-order valence-electron chi connectivity index (χ3n) is 5.13. The minimum atomic E-state index is -0.568. The highest BCUT2D eigenvalue weighted by Crippen LogP contribution is 2.39. The van der Waals surface area contributed by atoms with Crippen LogP contribution in [0.2, 0.25) is 0 Å². The second-order valence-electron chi connectivity index (χ2n) is 7.41. The predicted molar refractivity (Wildman–Crippen MR) is 137 cm³/mol. The first kappa shape index (κ1) is 24.6. The molecule has 0 spiro atoms. The maximum Gasteiger partial charge on any atom is 0.343 e. The average Bonchev–Trinajstić information content (AvgIpc) is 3.13. The lowest BCUT2D eigenvalue weighted by Gasteiger charge is -2.13. The van der Waals surface area contributed by atoms with Crippen molar-refractivity contribution in [3.05, 3.63) is 92.8 Å². The summed E-state index contributed by atoms with van der Waals surface area (Å²) in [4.78, 5) is 39.5. The smallest absolute Gasteiger partial charge is 0.343 e. The number of amides is 2. The maximum atomic E-state index is 12.9. The maximum absolute atomic E-state index is 12.9. The molecule has 3 aromatic rings. The van der Waals surface area contributed by atoms with Gasteiger partial charge >= 0.3 is 5.97 Å². The first-order chi connectivity index (χ1) is 16.9. The Hall–Kier alpha value is -3.56. The molecule has 4 rings (SSSR count). The van der Waals surface area contributed by atoms with Crippen LogP contribution in [0.4, 0.5) is 4.79 Å². The molecule has 0 aliphatic carbocycles. The Bertz CT molecular complexity index is 1310. The van der Waals surface area contributed by atoms with Crippen LogP contribution in [0.1, 0.15) is 21.5 Å². The van der Waals surface area contributed by atoms with Gasteiger partial charge < -0.3 is 14.2 Å². The second-order valence-corrected chi connectivity index (χ2v) is 9.25. The fourth-order valence-electron chi connectivity index (χ4n) is 3.35. The highest BCUT2D eigenvalue weighted by molar-refractivity contribution is 9.10. The van der Waals surface area contributed by atoms with Crippen LogP contribution < -0.4 is 14.2 Å². The SMILES string of the molecule is COc1ccc(C(=O)Oc2c(Br)cc(/C=C3\SC(=O)N(Cc4ccccc4)C3=O)cc2OC)cc1.